The summed E-state index contributed by atoms with van der Waals surface area (Å²) in [5.41, 5.74) is 3.31. The number of hydrogen-bond donors (Lipinski definition) is 1. The van der Waals surface area contributed by atoms with Crippen LogP contribution < -0.4 is 0 Å². The third kappa shape index (κ3) is 2.65. The van der Waals surface area contributed by atoms with Gasteiger partial charge in [0.25, 0.3) is 0 Å². The van der Waals surface area contributed by atoms with E-state index >= 15 is 0 Å². The first-order valence-corrected chi connectivity index (χ1v) is 8.35. The average Bonchev–Trinajstić information content (AvgIpc) is 3.28. The number of pyridine rings is 1. The van der Waals surface area contributed by atoms with E-state index < -0.39 is 0 Å². The first-order chi connectivity index (χ1) is 10.9. The number of rotatable bonds is 5. The summed E-state index contributed by atoms with van der Waals surface area (Å²) < 4.78 is 2.09. The maximum atomic E-state index is 4.53. The molecule has 1 saturated carbocycles. The molecule has 3 heterocycles. The summed E-state index contributed by atoms with van der Waals surface area (Å²) in [4.78, 5) is 7.51. The number of aryl methyl sites for hydroxylation is 1. The molecular formula is C18H22N4. The average molecular weight is 294 g/mol. The van der Waals surface area contributed by atoms with E-state index in [4.69, 9.17) is 0 Å². The summed E-state index contributed by atoms with van der Waals surface area (Å²) in [7, 11) is 0. The van der Waals surface area contributed by atoms with Crippen LogP contribution in [0.15, 0.2) is 36.9 Å². The lowest BCUT2D eigenvalue weighted by Gasteiger charge is -2.08. The third-order valence-electron chi connectivity index (χ3n) is 4.88. The molecule has 4 heteroatoms. The van der Waals surface area contributed by atoms with Crippen molar-refractivity contribution in [1.82, 2.24) is 19.7 Å². The molecule has 22 heavy (non-hydrogen) atoms. The Balaban J connectivity index is 1.45. The van der Waals surface area contributed by atoms with Crippen molar-refractivity contribution in [3.05, 3.63) is 36.9 Å². The molecule has 4 rings (SSSR count). The molecule has 1 fully saturated rings. The largest absolute Gasteiger partial charge is 0.346 e. The number of hydrogen-bond acceptors (Lipinski definition) is 2. The van der Waals surface area contributed by atoms with Crippen molar-refractivity contribution in [2.75, 3.05) is 0 Å². The smallest absolute Gasteiger partial charge is 0.137 e. The maximum Gasteiger partial charge on any atom is 0.137 e. The Labute approximate surface area is 130 Å². The number of H-pyrrole nitrogens is 1. The summed E-state index contributed by atoms with van der Waals surface area (Å²) in [5.74, 6) is 0.967. The van der Waals surface area contributed by atoms with E-state index in [2.05, 4.69) is 38.1 Å². The van der Waals surface area contributed by atoms with E-state index in [9.17, 15) is 0 Å². The highest BCUT2D eigenvalue weighted by atomic mass is 15.3. The van der Waals surface area contributed by atoms with E-state index in [0.717, 1.165) is 23.5 Å². The Bertz CT molecular complexity index is 749. The van der Waals surface area contributed by atoms with E-state index in [1.54, 1.807) is 0 Å². The molecule has 0 bridgehead atoms. The van der Waals surface area contributed by atoms with Gasteiger partial charge in [-0.2, -0.15) is 5.10 Å². The summed E-state index contributed by atoms with van der Waals surface area (Å²) in [6, 6.07) is 4.14. The van der Waals surface area contributed by atoms with E-state index in [0.29, 0.717) is 0 Å². The quantitative estimate of drug-likeness (QED) is 0.758. The molecule has 0 aromatic carbocycles. The van der Waals surface area contributed by atoms with Crippen molar-refractivity contribution in [3.63, 3.8) is 0 Å². The van der Waals surface area contributed by atoms with Gasteiger partial charge in [-0.05, 0) is 36.5 Å². The first kappa shape index (κ1) is 13.6. The topological polar surface area (TPSA) is 46.5 Å². The second-order valence-corrected chi connectivity index (χ2v) is 6.38. The van der Waals surface area contributed by atoms with Crippen LogP contribution >= 0.6 is 0 Å². The van der Waals surface area contributed by atoms with Gasteiger partial charge in [-0.15, -0.1) is 0 Å². The summed E-state index contributed by atoms with van der Waals surface area (Å²) in [6.07, 6.45) is 16.3. The minimum Gasteiger partial charge on any atom is -0.346 e. The molecule has 0 radical (unpaired) electrons. The van der Waals surface area contributed by atoms with Gasteiger partial charge in [-0.25, -0.2) is 4.98 Å². The van der Waals surface area contributed by atoms with Gasteiger partial charge in [0.15, 0.2) is 0 Å². The normalized spacial score (nSPS) is 15.8. The molecule has 3 aromatic heterocycles. The van der Waals surface area contributed by atoms with Gasteiger partial charge in [0.1, 0.15) is 5.65 Å². The van der Waals surface area contributed by atoms with Gasteiger partial charge in [0, 0.05) is 36.1 Å². The lowest BCUT2D eigenvalue weighted by atomic mass is 10.0. The van der Waals surface area contributed by atoms with Crippen LogP contribution in [0.1, 0.15) is 38.5 Å². The molecule has 3 aromatic rings. The number of nitrogens with zero attached hydrogens (tertiary/aromatic N) is 3. The van der Waals surface area contributed by atoms with Crippen LogP contribution in [0.3, 0.4) is 0 Å². The van der Waals surface area contributed by atoms with Gasteiger partial charge < -0.3 is 4.98 Å². The van der Waals surface area contributed by atoms with Gasteiger partial charge >= 0.3 is 0 Å². The van der Waals surface area contributed by atoms with Gasteiger partial charge in [-0.3, -0.25) is 4.68 Å². The van der Waals surface area contributed by atoms with Crippen molar-refractivity contribution < 1.29 is 0 Å². The van der Waals surface area contributed by atoms with Crippen LogP contribution in [0.2, 0.25) is 0 Å². The molecule has 0 aliphatic heterocycles. The number of fused-ring (bicyclic) bond motifs is 1. The fraction of sp³-hybridized carbons (Fsp3) is 0.444. The zero-order valence-corrected chi connectivity index (χ0v) is 12.8. The monoisotopic (exact) mass is 294 g/mol. The Morgan fingerprint density at radius 1 is 1.23 bits per heavy atom. The Morgan fingerprint density at radius 3 is 3.05 bits per heavy atom. The van der Waals surface area contributed by atoms with Crippen LogP contribution in [0.5, 0.6) is 0 Å². The SMILES string of the molecule is c1cc(-c2cnn(CCCC3CCCC3)c2)c2cc[nH]c2n1. The molecule has 0 atom stereocenters. The van der Waals surface area contributed by atoms with Crippen LogP contribution in [0, 0.1) is 5.92 Å². The van der Waals surface area contributed by atoms with Crippen LogP contribution in [0.4, 0.5) is 0 Å². The maximum absolute atomic E-state index is 4.53. The summed E-state index contributed by atoms with van der Waals surface area (Å²) in [5, 5.41) is 5.69. The minimum atomic E-state index is 0.937. The Hall–Kier alpha value is -2.10. The molecule has 0 unspecified atom stereocenters. The molecule has 0 spiro atoms. The van der Waals surface area contributed by atoms with Crippen LogP contribution in [0.25, 0.3) is 22.2 Å². The number of aromatic nitrogens is 4. The number of nitrogens with one attached hydrogen (secondary N) is 1. The van der Waals surface area contributed by atoms with Crippen LogP contribution in [-0.2, 0) is 6.54 Å². The fourth-order valence-electron chi connectivity index (χ4n) is 3.68. The minimum absolute atomic E-state index is 0.937. The number of aromatic amines is 1. The summed E-state index contributed by atoms with van der Waals surface area (Å²) in [6.45, 7) is 1.03. The molecule has 1 N–H and O–H groups in total. The molecule has 4 nitrogen and oxygen atoms in total. The predicted octanol–water partition coefficient (Wildman–Crippen LogP) is 4.40. The second kappa shape index (κ2) is 5.95. The zero-order valence-electron chi connectivity index (χ0n) is 12.8. The van der Waals surface area contributed by atoms with Crippen LogP contribution in [-0.4, -0.2) is 19.7 Å². The fourth-order valence-corrected chi connectivity index (χ4v) is 3.68. The zero-order chi connectivity index (χ0) is 14.8. The van der Waals surface area contributed by atoms with Gasteiger partial charge in [0.05, 0.1) is 6.20 Å². The van der Waals surface area contributed by atoms with Crippen molar-refractivity contribution in [3.8, 4) is 11.1 Å². The van der Waals surface area contributed by atoms with E-state index in [1.807, 2.05) is 18.6 Å². The molecule has 1 aliphatic carbocycles. The van der Waals surface area contributed by atoms with E-state index in [1.165, 1.54) is 49.7 Å². The van der Waals surface area contributed by atoms with Crippen molar-refractivity contribution in [1.29, 1.82) is 0 Å². The lowest BCUT2D eigenvalue weighted by molar-refractivity contribution is 0.446. The molecule has 114 valence electrons. The molecule has 0 amide bonds. The first-order valence-electron chi connectivity index (χ1n) is 8.35. The highest BCUT2D eigenvalue weighted by Crippen LogP contribution is 2.29. The highest BCUT2D eigenvalue weighted by Gasteiger charge is 2.14. The van der Waals surface area contributed by atoms with Crippen molar-refractivity contribution >= 4 is 11.0 Å². The standard InChI is InChI=1S/C18H22N4/c1-2-5-14(4-1)6-3-11-22-13-15(12-21-22)16-7-9-19-18-17(16)8-10-20-18/h7-10,12-14H,1-6,11H2,(H,19,20). The van der Waals surface area contributed by atoms with Gasteiger partial charge in [-0.1, -0.05) is 25.7 Å². The van der Waals surface area contributed by atoms with Gasteiger partial charge in [0.2, 0.25) is 0 Å². The van der Waals surface area contributed by atoms with Crippen molar-refractivity contribution in [2.24, 2.45) is 5.92 Å². The van der Waals surface area contributed by atoms with E-state index in [-0.39, 0.29) is 0 Å². The molecule has 1 aliphatic rings. The molecular weight excluding hydrogens is 272 g/mol. The highest BCUT2D eigenvalue weighted by molar-refractivity contribution is 5.92. The summed E-state index contributed by atoms with van der Waals surface area (Å²) >= 11 is 0. The third-order valence-corrected chi connectivity index (χ3v) is 4.88. The Morgan fingerprint density at radius 2 is 2.14 bits per heavy atom. The molecule has 0 saturated heterocycles. The van der Waals surface area contributed by atoms with Crippen molar-refractivity contribution in [2.45, 2.75) is 45.1 Å². The lowest BCUT2D eigenvalue weighted by Crippen LogP contribution is -2.01. The predicted molar refractivity (Wildman–Crippen MR) is 88.5 cm³/mol. The Kier molecular flexibility index (Phi) is 3.67. The second-order valence-electron chi connectivity index (χ2n) is 6.38.